The fourth-order valence-electron chi connectivity index (χ4n) is 1.94. The third kappa shape index (κ3) is 1.74. The van der Waals surface area contributed by atoms with Crippen molar-refractivity contribution in [2.75, 3.05) is 10.6 Å². The summed E-state index contributed by atoms with van der Waals surface area (Å²) in [6.45, 7) is 0. The van der Waals surface area contributed by atoms with Crippen molar-refractivity contribution in [3.05, 3.63) is 35.0 Å². The molecule has 3 rings (SSSR count). The molecular weight excluding hydrogens is 284 g/mol. The van der Waals surface area contributed by atoms with Gasteiger partial charge < -0.3 is 20.1 Å². The van der Waals surface area contributed by atoms with Crippen molar-refractivity contribution in [2.24, 2.45) is 0 Å². The molecule has 0 saturated carbocycles. The first-order valence-electron chi connectivity index (χ1n) is 5.87. The monoisotopic (exact) mass is 288 g/mol. The van der Waals surface area contributed by atoms with Crippen molar-refractivity contribution in [1.82, 2.24) is 0 Å². The number of allylic oxidation sites excluding steroid dienone is 2. The van der Waals surface area contributed by atoms with Crippen molar-refractivity contribution >= 4 is 11.4 Å². The number of hydrogen-bond acceptors (Lipinski definition) is 8. The Morgan fingerprint density at radius 2 is 1.09 bits per heavy atom. The normalized spacial score (nSPS) is 12.7. The van der Waals surface area contributed by atoms with Crippen molar-refractivity contribution in [2.45, 2.75) is 0 Å². The lowest BCUT2D eigenvalue weighted by Crippen LogP contribution is -2.01. The van der Waals surface area contributed by atoms with Crippen LogP contribution in [-0.4, -0.2) is 0 Å². The molecular formula is C14H4N6O2. The molecule has 102 valence electrons. The van der Waals surface area contributed by atoms with Gasteiger partial charge in [-0.25, -0.2) is 0 Å². The minimum absolute atomic E-state index is 0.00946. The summed E-state index contributed by atoms with van der Waals surface area (Å²) in [6.07, 6.45) is 0. The Bertz CT molecular complexity index is 821. The number of nitriles is 4. The van der Waals surface area contributed by atoms with E-state index in [4.69, 9.17) is 30.5 Å². The highest BCUT2D eigenvalue weighted by atomic mass is 16.5. The molecule has 0 spiro atoms. The number of nitrogens with one attached hydrogen (secondary N) is 2. The molecule has 0 aromatic heterocycles. The maximum Gasteiger partial charge on any atom is 0.227 e. The topological polar surface area (TPSA) is 138 Å². The highest BCUT2D eigenvalue weighted by Gasteiger charge is 2.31. The van der Waals surface area contributed by atoms with Gasteiger partial charge in [-0.15, -0.1) is 0 Å². The number of anilines is 2. The van der Waals surface area contributed by atoms with E-state index in [1.54, 1.807) is 36.4 Å². The maximum atomic E-state index is 8.86. The van der Waals surface area contributed by atoms with Crippen LogP contribution < -0.4 is 20.1 Å². The van der Waals surface area contributed by atoms with E-state index >= 15 is 0 Å². The first-order valence-corrected chi connectivity index (χ1v) is 5.87. The summed E-state index contributed by atoms with van der Waals surface area (Å²) < 4.78 is 10.9. The Morgan fingerprint density at radius 1 is 0.727 bits per heavy atom. The predicted octanol–water partition coefficient (Wildman–Crippen LogP) is 1.81. The van der Waals surface area contributed by atoms with Crippen LogP contribution >= 0.6 is 0 Å². The molecule has 8 heteroatoms. The number of ether oxygens (including phenoxy) is 2. The minimum Gasteiger partial charge on any atom is -0.433 e. The van der Waals surface area contributed by atoms with Gasteiger partial charge in [-0.3, -0.25) is 0 Å². The molecule has 2 N–H and O–H groups in total. The Kier molecular flexibility index (Phi) is 2.78. The fraction of sp³-hybridized carbons (Fsp3) is 0. The molecule has 1 aromatic carbocycles. The second-order valence-electron chi connectivity index (χ2n) is 4.13. The molecule has 1 aromatic rings. The number of rotatable bonds is 0. The largest absolute Gasteiger partial charge is 0.433 e. The molecule has 2 heterocycles. The van der Waals surface area contributed by atoms with Gasteiger partial charge in [0.05, 0.1) is 11.4 Å². The summed E-state index contributed by atoms with van der Waals surface area (Å²) in [7, 11) is 0. The summed E-state index contributed by atoms with van der Waals surface area (Å²) in [5.74, 6) is 0.562. The summed E-state index contributed by atoms with van der Waals surface area (Å²) >= 11 is 0. The van der Waals surface area contributed by atoms with Crippen molar-refractivity contribution in [3.8, 4) is 35.8 Å². The van der Waals surface area contributed by atoms with Crippen LogP contribution in [0.2, 0.25) is 0 Å². The lowest BCUT2D eigenvalue weighted by atomic mass is 10.2. The molecule has 2 aliphatic heterocycles. The molecule has 0 fully saturated rings. The second-order valence-corrected chi connectivity index (χ2v) is 4.13. The van der Waals surface area contributed by atoms with E-state index in [1.807, 2.05) is 0 Å². The highest BCUT2D eigenvalue weighted by Crippen LogP contribution is 2.50. The lowest BCUT2D eigenvalue weighted by Gasteiger charge is -2.02. The molecule has 0 amide bonds. The zero-order valence-electron chi connectivity index (χ0n) is 10.8. The van der Waals surface area contributed by atoms with Gasteiger partial charge in [0.15, 0.2) is 22.6 Å². The van der Waals surface area contributed by atoms with E-state index in [0.717, 1.165) is 0 Å². The predicted molar refractivity (Wildman–Crippen MR) is 71.4 cm³/mol. The number of nitrogens with zero attached hydrogens (tertiary/aromatic N) is 4. The third-order valence-corrected chi connectivity index (χ3v) is 2.92. The molecule has 0 atom stereocenters. The molecule has 8 nitrogen and oxygen atoms in total. The van der Waals surface area contributed by atoms with Crippen LogP contribution in [0.1, 0.15) is 0 Å². The molecule has 0 saturated heterocycles. The van der Waals surface area contributed by atoms with Crippen LogP contribution in [-0.2, 0) is 0 Å². The van der Waals surface area contributed by atoms with Gasteiger partial charge in [0.1, 0.15) is 24.3 Å². The van der Waals surface area contributed by atoms with Gasteiger partial charge >= 0.3 is 0 Å². The summed E-state index contributed by atoms with van der Waals surface area (Å²) in [5, 5.41) is 41.0. The van der Waals surface area contributed by atoms with Gasteiger partial charge in [0, 0.05) is 0 Å². The molecule has 0 bridgehead atoms. The van der Waals surface area contributed by atoms with Crippen molar-refractivity contribution < 1.29 is 9.47 Å². The van der Waals surface area contributed by atoms with Crippen LogP contribution in [0, 0.1) is 45.3 Å². The fourth-order valence-corrected chi connectivity index (χ4v) is 1.94. The quantitative estimate of drug-likeness (QED) is 0.689. The third-order valence-electron chi connectivity index (χ3n) is 2.92. The van der Waals surface area contributed by atoms with Crippen LogP contribution in [0.3, 0.4) is 0 Å². The first kappa shape index (κ1) is 12.9. The van der Waals surface area contributed by atoms with Crippen LogP contribution in [0.5, 0.6) is 11.5 Å². The van der Waals surface area contributed by atoms with E-state index in [-0.39, 0.29) is 34.4 Å². The van der Waals surface area contributed by atoms with Gasteiger partial charge in [-0.2, -0.15) is 21.0 Å². The van der Waals surface area contributed by atoms with Crippen molar-refractivity contribution in [1.29, 1.82) is 21.0 Å². The van der Waals surface area contributed by atoms with Crippen molar-refractivity contribution in [3.63, 3.8) is 0 Å². The summed E-state index contributed by atoms with van der Waals surface area (Å²) in [5.41, 5.74) is 0.605. The average molecular weight is 288 g/mol. The van der Waals surface area contributed by atoms with E-state index in [2.05, 4.69) is 10.6 Å². The van der Waals surface area contributed by atoms with Gasteiger partial charge in [0.2, 0.25) is 11.8 Å². The Labute approximate surface area is 124 Å². The van der Waals surface area contributed by atoms with Gasteiger partial charge in [-0.05, 0) is 12.1 Å². The zero-order valence-corrected chi connectivity index (χ0v) is 10.8. The van der Waals surface area contributed by atoms with Crippen LogP contribution in [0.4, 0.5) is 11.4 Å². The number of fused-ring (bicyclic) bond motifs is 3. The van der Waals surface area contributed by atoms with E-state index in [0.29, 0.717) is 11.4 Å². The van der Waals surface area contributed by atoms with E-state index < -0.39 is 0 Å². The molecule has 0 radical (unpaired) electrons. The zero-order chi connectivity index (χ0) is 15.7. The van der Waals surface area contributed by atoms with Crippen LogP contribution in [0.15, 0.2) is 35.0 Å². The van der Waals surface area contributed by atoms with E-state index in [1.165, 1.54) is 0 Å². The highest BCUT2D eigenvalue weighted by molar-refractivity contribution is 5.81. The average Bonchev–Trinajstić information content (AvgIpc) is 3.13. The second kappa shape index (κ2) is 4.76. The maximum absolute atomic E-state index is 8.86. The Morgan fingerprint density at radius 3 is 1.41 bits per heavy atom. The summed E-state index contributed by atoms with van der Waals surface area (Å²) in [6, 6.07) is 10.2. The Balaban J connectivity index is 2.06. The van der Waals surface area contributed by atoms with Gasteiger partial charge in [0.25, 0.3) is 0 Å². The Hall–Kier alpha value is -4.14. The minimum atomic E-state index is -0.207. The summed E-state index contributed by atoms with van der Waals surface area (Å²) in [4.78, 5) is 0. The molecule has 0 unspecified atom stereocenters. The molecule has 2 aliphatic rings. The number of hydrogen-bond donors (Lipinski definition) is 2. The first-order chi connectivity index (χ1) is 10.7. The van der Waals surface area contributed by atoms with E-state index in [9.17, 15) is 0 Å². The molecule has 22 heavy (non-hydrogen) atoms. The molecule has 0 aliphatic carbocycles. The standard InChI is InChI=1S/C14H4N6O2/c15-3-7(4-16)13-19-9-1-2-10-12(11(9)21-13)22-14(20-10)8(5-17)6-18/h1-2,19-20H. The SMILES string of the molecule is N#CC(C#N)=C1Nc2ccc3c(c2O1)OC(=C(C#N)C#N)N3. The number of benzene rings is 1. The van der Waals surface area contributed by atoms with Gasteiger partial charge in [-0.1, -0.05) is 0 Å². The van der Waals surface area contributed by atoms with Crippen LogP contribution in [0.25, 0.3) is 0 Å². The smallest absolute Gasteiger partial charge is 0.227 e. The lowest BCUT2D eigenvalue weighted by molar-refractivity contribution is 0.399.